The SMILES string of the molecule is CC(C)C[C@@H]1CN/C(=C\[N+](=O)[O-])N1Cc1ccc(Cl)nc1. The molecule has 0 radical (unpaired) electrons. The molecule has 0 amide bonds. The fourth-order valence-electron chi connectivity index (χ4n) is 2.52. The summed E-state index contributed by atoms with van der Waals surface area (Å²) in [7, 11) is 0. The number of hydrogen-bond donors (Lipinski definition) is 1. The number of aromatic nitrogens is 1. The van der Waals surface area contributed by atoms with Crippen molar-refractivity contribution in [2.45, 2.75) is 32.9 Å². The van der Waals surface area contributed by atoms with Crippen LogP contribution in [0.1, 0.15) is 25.8 Å². The Morgan fingerprint density at radius 2 is 2.38 bits per heavy atom. The molecule has 0 aliphatic carbocycles. The molecule has 1 atom stereocenters. The van der Waals surface area contributed by atoms with Crippen molar-refractivity contribution in [3.05, 3.63) is 51.2 Å². The van der Waals surface area contributed by atoms with Crippen LogP contribution in [0, 0.1) is 16.0 Å². The highest BCUT2D eigenvalue weighted by Crippen LogP contribution is 2.23. The molecule has 1 N–H and O–H groups in total. The molecule has 2 heterocycles. The molecule has 21 heavy (non-hydrogen) atoms. The van der Waals surface area contributed by atoms with Gasteiger partial charge in [0.05, 0.1) is 4.92 Å². The lowest BCUT2D eigenvalue weighted by molar-refractivity contribution is -0.404. The second kappa shape index (κ2) is 6.76. The van der Waals surface area contributed by atoms with Crippen LogP contribution >= 0.6 is 11.6 Å². The molecular formula is C14H19ClN4O2. The standard InChI is InChI=1S/C14H19ClN4O2/c1-10(2)5-12-7-17-14(9-19(20)21)18(12)8-11-3-4-13(15)16-6-11/h3-4,6,9-10,12,17H,5,7-8H2,1-2H3/b14-9+/t12-/m1/s1. The van der Waals surface area contributed by atoms with E-state index in [9.17, 15) is 10.1 Å². The zero-order valence-electron chi connectivity index (χ0n) is 12.1. The summed E-state index contributed by atoms with van der Waals surface area (Å²) in [6.45, 7) is 5.60. The Morgan fingerprint density at radius 1 is 1.62 bits per heavy atom. The average molecular weight is 311 g/mol. The number of pyridine rings is 1. The molecule has 1 aliphatic rings. The van der Waals surface area contributed by atoms with Gasteiger partial charge in [-0.15, -0.1) is 0 Å². The summed E-state index contributed by atoms with van der Waals surface area (Å²) < 4.78 is 0. The monoisotopic (exact) mass is 310 g/mol. The highest BCUT2D eigenvalue weighted by Gasteiger charge is 2.30. The molecule has 1 fully saturated rings. The van der Waals surface area contributed by atoms with Crippen molar-refractivity contribution in [3.63, 3.8) is 0 Å². The van der Waals surface area contributed by atoms with Crippen molar-refractivity contribution >= 4 is 11.6 Å². The molecule has 0 bridgehead atoms. The van der Waals surface area contributed by atoms with Gasteiger partial charge in [-0.2, -0.15) is 0 Å². The minimum absolute atomic E-state index is 0.242. The van der Waals surface area contributed by atoms with Gasteiger partial charge >= 0.3 is 0 Å². The first-order valence-electron chi connectivity index (χ1n) is 6.92. The predicted octanol–water partition coefficient (Wildman–Crippen LogP) is 2.63. The number of hydrogen-bond acceptors (Lipinski definition) is 5. The van der Waals surface area contributed by atoms with E-state index >= 15 is 0 Å². The lowest BCUT2D eigenvalue weighted by atomic mass is 10.0. The molecule has 1 aromatic rings. The molecular weight excluding hydrogens is 292 g/mol. The third kappa shape index (κ3) is 4.32. The summed E-state index contributed by atoms with van der Waals surface area (Å²) in [4.78, 5) is 16.4. The molecule has 0 spiro atoms. The average Bonchev–Trinajstić information content (AvgIpc) is 2.74. The van der Waals surface area contributed by atoms with Crippen LogP contribution in [0.15, 0.2) is 30.4 Å². The van der Waals surface area contributed by atoms with E-state index < -0.39 is 4.92 Å². The minimum atomic E-state index is -0.423. The van der Waals surface area contributed by atoms with Gasteiger partial charge in [-0.3, -0.25) is 10.1 Å². The van der Waals surface area contributed by atoms with Crippen LogP contribution in [-0.4, -0.2) is 27.4 Å². The summed E-state index contributed by atoms with van der Waals surface area (Å²) in [5.41, 5.74) is 0.978. The van der Waals surface area contributed by atoms with Gasteiger partial charge < -0.3 is 10.2 Å². The highest BCUT2D eigenvalue weighted by molar-refractivity contribution is 6.29. The Bertz CT molecular complexity index is 530. The van der Waals surface area contributed by atoms with E-state index in [1.54, 1.807) is 12.3 Å². The summed E-state index contributed by atoms with van der Waals surface area (Å²) in [5, 5.41) is 14.3. The number of halogens is 1. The lowest BCUT2D eigenvalue weighted by Gasteiger charge is -2.26. The number of nitrogens with zero attached hydrogens (tertiary/aromatic N) is 3. The fraction of sp³-hybridized carbons (Fsp3) is 0.500. The largest absolute Gasteiger partial charge is 0.364 e. The fourth-order valence-corrected chi connectivity index (χ4v) is 2.63. The van der Waals surface area contributed by atoms with Gasteiger partial charge in [0.1, 0.15) is 5.15 Å². The van der Waals surface area contributed by atoms with Gasteiger partial charge in [-0.1, -0.05) is 31.5 Å². The van der Waals surface area contributed by atoms with Crippen LogP contribution < -0.4 is 5.32 Å². The van der Waals surface area contributed by atoms with Crippen LogP contribution in [0.3, 0.4) is 0 Å². The van der Waals surface area contributed by atoms with Gasteiger partial charge in [0, 0.05) is 25.3 Å². The first-order chi connectivity index (χ1) is 9.95. The highest BCUT2D eigenvalue weighted by atomic mass is 35.5. The van der Waals surface area contributed by atoms with E-state index in [-0.39, 0.29) is 6.04 Å². The maximum Gasteiger partial charge on any atom is 0.274 e. The van der Waals surface area contributed by atoms with Crippen LogP contribution in [0.5, 0.6) is 0 Å². The van der Waals surface area contributed by atoms with Gasteiger partial charge in [0.15, 0.2) is 5.82 Å². The number of rotatable bonds is 5. The van der Waals surface area contributed by atoms with Gasteiger partial charge in [-0.25, -0.2) is 4.98 Å². The zero-order chi connectivity index (χ0) is 15.4. The molecule has 1 aliphatic heterocycles. The number of nitro groups is 1. The summed E-state index contributed by atoms with van der Waals surface area (Å²) >= 11 is 5.79. The number of nitrogens with one attached hydrogen (secondary N) is 1. The maximum atomic E-state index is 10.8. The van der Waals surface area contributed by atoms with Crippen molar-refractivity contribution in [2.24, 2.45) is 5.92 Å². The molecule has 2 rings (SSSR count). The van der Waals surface area contributed by atoms with E-state index in [1.165, 1.54) is 0 Å². The minimum Gasteiger partial charge on any atom is -0.364 e. The molecule has 0 saturated carbocycles. The van der Waals surface area contributed by atoms with Crippen LogP contribution in [0.4, 0.5) is 0 Å². The zero-order valence-corrected chi connectivity index (χ0v) is 12.9. The van der Waals surface area contributed by atoms with Crippen LogP contribution in [0.25, 0.3) is 0 Å². The Balaban J connectivity index is 2.18. The molecule has 1 aromatic heterocycles. The lowest BCUT2D eigenvalue weighted by Crippen LogP contribution is -2.31. The van der Waals surface area contributed by atoms with E-state index in [2.05, 4.69) is 24.1 Å². The van der Waals surface area contributed by atoms with Gasteiger partial charge in [0.2, 0.25) is 0 Å². The summed E-state index contributed by atoms with van der Waals surface area (Å²) in [6, 6.07) is 3.87. The van der Waals surface area contributed by atoms with Crippen LogP contribution in [0.2, 0.25) is 5.15 Å². The molecule has 114 valence electrons. The predicted molar refractivity (Wildman–Crippen MR) is 81.1 cm³/mol. The Labute approximate surface area is 129 Å². The second-order valence-electron chi connectivity index (χ2n) is 5.58. The molecule has 7 heteroatoms. The third-order valence-corrected chi connectivity index (χ3v) is 3.61. The molecule has 0 aromatic carbocycles. The first-order valence-corrected chi connectivity index (χ1v) is 7.29. The Hall–Kier alpha value is -1.82. The van der Waals surface area contributed by atoms with Crippen molar-refractivity contribution in [1.29, 1.82) is 0 Å². The Kier molecular flexibility index (Phi) is 5.01. The van der Waals surface area contributed by atoms with E-state index in [4.69, 9.17) is 11.6 Å². The molecule has 6 nitrogen and oxygen atoms in total. The van der Waals surface area contributed by atoms with E-state index in [0.717, 1.165) is 24.7 Å². The van der Waals surface area contributed by atoms with E-state index in [0.29, 0.717) is 23.4 Å². The second-order valence-corrected chi connectivity index (χ2v) is 5.97. The van der Waals surface area contributed by atoms with Gasteiger partial charge in [-0.05, 0) is 24.0 Å². The van der Waals surface area contributed by atoms with Crippen molar-refractivity contribution < 1.29 is 4.92 Å². The Morgan fingerprint density at radius 3 is 2.95 bits per heavy atom. The normalized spacial score (nSPS) is 20.1. The molecule has 1 saturated heterocycles. The summed E-state index contributed by atoms with van der Waals surface area (Å²) in [6.07, 6.45) is 3.71. The first kappa shape index (κ1) is 15.6. The smallest absolute Gasteiger partial charge is 0.274 e. The molecule has 0 unspecified atom stereocenters. The summed E-state index contributed by atoms with van der Waals surface area (Å²) in [5.74, 6) is 1.08. The third-order valence-electron chi connectivity index (χ3n) is 3.38. The topological polar surface area (TPSA) is 71.3 Å². The maximum absolute atomic E-state index is 10.8. The van der Waals surface area contributed by atoms with Crippen molar-refractivity contribution in [1.82, 2.24) is 15.2 Å². The van der Waals surface area contributed by atoms with Crippen molar-refractivity contribution in [3.8, 4) is 0 Å². The van der Waals surface area contributed by atoms with E-state index in [1.807, 2.05) is 11.0 Å². The quantitative estimate of drug-likeness (QED) is 0.514. The van der Waals surface area contributed by atoms with Gasteiger partial charge in [0.25, 0.3) is 6.20 Å². The van der Waals surface area contributed by atoms with Crippen molar-refractivity contribution in [2.75, 3.05) is 6.54 Å². The van der Waals surface area contributed by atoms with Crippen LogP contribution in [-0.2, 0) is 6.54 Å².